The largest absolute Gasteiger partial charge is 0.348 e. The summed E-state index contributed by atoms with van der Waals surface area (Å²) in [6.45, 7) is 4.40. The first-order chi connectivity index (χ1) is 9.65. The zero-order valence-corrected chi connectivity index (χ0v) is 13.3. The van der Waals surface area contributed by atoms with Gasteiger partial charge in [-0.2, -0.15) is 0 Å². The Labute approximate surface area is 125 Å². The van der Waals surface area contributed by atoms with Crippen LogP contribution in [0.15, 0.2) is 17.5 Å². The smallest absolute Gasteiger partial charge is 0.223 e. The average molecular weight is 294 g/mol. The van der Waals surface area contributed by atoms with Crippen molar-refractivity contribution in [3.05, 3.63) is 22.4 Å². The maximum Gasteiger partial charge on any atom is 0.223 e. The lowest BCUT2D eigenvalue weighted by molar-refractivity contribution is -0.126. The van der Waals surface area contributed by atoms with Gasteiger partial charge < -0.3 is 11.1 Å². The van der Waals surface area contributed by atoms with Crippen LogP contribution in [0.5, 0.6) is 0 Å². The summed E-state index contributed by atoms with van der Waals surface area (Å²) >= 11 is 1.74. The number of thiophene rings is 1. The lowest BCUT2D eigenvalue weighted by atomic mass is 9.92. The Morgan fingerprint density at radius 2 is 2.20 bits per heavy atom. The van der Waals surface area contributed by atoms with Crippen molar-refractivity contribution in [3.63, 3.8) is 0 Å². The molecule has 1 aliphatic rings. The summed E-state index contributed by atoms with van der Waals surface area (Å²) in [6.07, 6.45) is 4.93. The maximum absolute atomic E-state index is 12.5. The highest BCUT2D eigenvalue weighted by Crippen LogP contribution is 2.32. The molecule has 0 aromatic carbocycles. The Bertz CT molecular complexity index is 414. The standard InChI is InChI=1S/C16H26N2OS/c1-3-11(4-2)15(14-6-5-9-20-14)18-16(19)12-7-8-13(17)10-12/h5-6,9,11-13,15H,3-4,7-8,10,17H2,1-2H3,(H,18,19). The van der Waals surface area contributed by atoms with E-state index < -0.39 is 0 Å². The van der Waals surface area contributed by atoms with E-state index in [4.69, 9.17) is 5.73 Å². The number of amides is 1. The molecule has 1 saturated carbocycles. The van der Waals surface area contributed by atoms with Crippen molar-refractivity contribution < 1.29 is 4.79 Å². The van der Waals surface area contributed by atoms with Gasteiger partial charge >= 0.3 is 0 Å². The van der Waals surface area contributed by atoms with Gasteiger partial charge in [0.15, 0.2) is 0 Å². The average Bonchev–Trinajstić information content (AvgIpc) is 3.09. The van der Waals surface area contributed by atoms with E-state index >= 15 is 0 Å². The van der Waals surface area contributed by atoms with E-state index in [1.165, 1.54) is 4.88 Å². The van der Waals surface area contributed by atoms with Crippen molar-refractivity contribution in [1.82, 2.24) is 5.32 Å². The van der Waals surface area contributed by atoms with Gasteiger partial charge in [0.05, 0.1) is 6.04 Å². The third kappa shape index (κ3) is 3.61. The Balaban J connectivity index is 2.06. The Morgan fingerprint density at radius 3 is 2.70 bits per heavy atom. The van der Waals surface area contributed by atoms with Gasteiger partial charge in [-0.1, -0.05) is 32.8 Å². The molecule has 4 heteroatoms. The maximum atomic E-state index is 12.5. The number of nitrogens with one attached hydrogen (secondary N) is 1. The van der Waals surface area contributed by atoms with Gasteiger partial charge in [-0.25, -0.2) is 0 Å². The SMILES string of the molecule is CCC(CC)C(NC(=O)C1CCC(N)C1)c1cccs1. The van der Waals surface area contributed by atoms with Crippen LogP contribution in [0.2, 0.25) is 0 Å². The molecular formula is C16H26N2OS. The van der Waals surface area contributed by atoms with Crippen LogP contribution in [-0.2, 0) is 4.79 Å². The molecule has 3 nitrogen and oxygen atoms in total. The number of carbonyl (C=O) groups excluding carboxylic acids is 1. The van der Waals surface area contributed by atoms with Crippen molar-refractivity contribution in [2.45, 2.75) is 58.0 Å². The Kier molecular flexibility index (Phi) is 5.61. The highest BCUT2D eigenvalue weighted by Gasteiger charge is 2.31. The number of carbonyl (C=O) groups is 1. The predicted octanol–water partition coefficient (Wildman–Crippen LogP) is 3.47. The van der Waals surface area contributed by atoms with Crippen LogP contribution in [0.25, 0.3) is 0 Å². The van der Waals surface area contributed by atoms with Crippen LogP contribution in [0.1, 0.15) is 56.9 Å². The van der Waals surface area contributed by atoms with E-state index in [1.807, 2.05) is 0 Å². The van der Waals surface area contributed by atoms with Crippen molar-refractivity contribution in [2.24, 2.45) is 17.6 Å². The fourth-order valence-corrected chi connectivity index (χ4v) is 4.04. The third-order valence-electron chi connectivity index (χ3n) is 4.51. The minimum Gasteiger partial charge on any atom is -0.348 e. The molecule has 1 fully saturated rings. The number of nitrogens with two attached hydrogens (primary N) is 1. The van der Waals surface area contributed by atoms with E-state index in [1.54, 1.807) is 11.3 Å². The molecule has 3 N–H and O–H groups in total. The van der Waals surface area contributed by atoms with Crippen LogP contribution < -0.4 is 11.1 Å². The molecule has 0 bridgehead atoms. The van der Waals surface area contributed by atoms with Gasteiger partial charge in [0.1, 0.15) is 0 Å². The van der Waals surface area contributed by atoms with E-state index in [9.17, 15) is 4.79 Å². The highest BCUT2D eigenvalue weighted by molar-refractivity contribution is 7.10. The topological polar surface area (TPSA) is 55.1 Å². The third-order valence-corrected chi connectivity index (χ3v) is 5.47. The first-order valence-corrected chi connectivity index (χ1v) is 8.63. The number of hydrogen-bond acceptors (Lipinski definition) is 3. The number of rotatable bonds is 6. The molecule has 1 heterocycles. The van der Waals surface area contributed by atoms with Crippen LogP contribution in [0.4, 0.5) is 0 Å². The normalized spacial score (nSPS) is 24.0. The minimum atomic E-state index is 0.113. The zero-order valence-electron chi connectivity index (χ0n) is 12.5. The van der Waals surface area contributed by atoms with Crippen LogP contribution in [0.3, 0.4) is 0 Å². The quantitative estimate of drug-likeness (QED) is 0.844. The van der Waals surface area contributed by atoms with Crippen LogP contribution >= 0.6 is 11.3 Å². The minimum absolute atomic E-state index is 0.113. The fraction of sp³-hybridized carbons (Fsp3) is 0.688. The van der Waals surface area contributed by atoms with Crippen LogP contribution in [-0.4, -0.2) is 11.9 Å². The van der Waals surface area contributed by atoms with E-state index in [0.717, 1.165) is 32.1 Å². The van der Waals surface area contributed by atoms with E-state index in [2.05, 4.69) is 36.7 Å². The Hall–Kier alpha value is -0.870. The molecule has 0 spiro atoms. The molecule has 3 unspecified atom stereocenters. The molecule has 2 rings (SSSR count). The van der Waals surface area contributed by atoms with Crippen molar-refractivity contribution >= 4 is 17.2 Å². The summed E-state index contributed by atoms with van der Waals surface area (Å²) < 4.78 is 0. The van der Waals surface area contributed by atoms with Gasteiger partial charge in [0.2, 0.25) is 5.91 Å². The second-order valence-corrected chi connectivity index (χ2v) is 6.83. The molecule has 3 atom stereocenters. The summed E-state index contributed by atoms with van der Waals surface area (Å²) in [5.41, 5.74) is 5.92. The first-order valence-electron chi connectivity index (χ1n) is 7.75. The number of hydrogen-bond donors (Lipinski definition) is 2. The van der Waals surface area contributed by atoms with E-state index in [0.29, 0.717) is 5.92 Å². The molecule has 20 heavy (non-hydrogen) atoms. The van der Waals surface area contributed by atoms with Gasteiger partial charge in [-0.05, 0) is 36.6 Å². The van der Waals surface area contributed by atoms with Crippen molar-refractivity contribution in [3.8, 4) is 0 Å². The molecule has 1 aliphatic carbocycles. The summed E-state index contributed by atoms with van der Waals surface area (Å²) in [6, 6.07) is 4.56. The molecule has 0 radical (unpaired) electrons. The van der Waals surface area contributed by atoms with Gasteiger partial charge in [0.25, 0.3) is 0 Å². The molecule has 112 valence electrons. The van der Waals surface area contributed by atoms with Gasteiger partial charge in [-0.15, -0.1) is 11.3 Å². The van der Waals surface area contributed by atoms with Gasteiger partial charge in [-0.3, -0.25) is 4.79 Å². The summed E-state index contributed by atoms with van der Waals surface area (Å²) in [5.74, 6) is 0.817. The second-order valence-electron chi connectivity index (χ2n) is 5.85. The molecule has 0 saturated heterocycles. The van der Waals surface area contributed by atoms with Crippen LogP contribution in [0, 0.1) is 11.8 Å². The second kappa shape index (κ2) is 7.23. The summed E-state index contributed by atoms with van der Waals surface area (Å²) in [5, 5.41) is 5.39. The first kappa shape index (κ1) is 15.5. The molecular weight excluding hydrogens is 268 g/mol. The summed E-state index contributed by atoms with van der Waals surface area (Å²) in [7, 11) is 0. The predicted molar refractivity (Wildman–Crippen MR) is 84.6 cm³/mol. The summed E-state index contributed by atoms with van der Waals surface area (Å²) in [4.78, 5) is 13.7. The lowest BCUT2D eigenvalue weighted by Gasteiger charge is -2.27. The molecule has 0 aliphatic heterocycles. The molecule has 1 amide bonds. The van der Waals surface area contributed by atoms with Crippen molar-refractivity contribution in [2.75, 3.05) is 0 Å². The van der Waals surface area contributed by atoms with Crippen molar-refractivity contribution in [1.29, 1.82) is 0 Å². The molecule has 1 aromatic heterocycles. The fourth-order valence-electron chi connectivity index (χ4n) is 3.18. The lowest BCUT2D eigenvalue weighted by Crippen LogP contribution is -2.36. The molecule has 1 aromatic rings. The highest BCUT2D eigenvalue weighted by atomic mass is 32.1. The van der Waals surface area contributed by atoms with E-state index in [-0.39, 0.29) is 23.9 Å². The zero-order chi connectivity index (χ0) is 14.5. The monoisotopic (exact) mass is 294 g/mol. The Morgan fingerprint density at radius 1 is 1.45 bits per heavy atom. The van der Waals surface area contributed by atoms with Gasteiger partial charge in [0, 0.05) is 16.8 Å².